The Morgan fingerprint density at radius 2 is 2.11 bits per heavy atom. The molecule has 0 atom stereocenters. The van der Waals surface area contributed by atoms with Crippen LogP contribution in [0.4, 0.5) is 0 Å². The molecule has 1 aliphatic heterocycles. The highest BCUT2D eigenvalue weighted by atomic mass is 16.5. The molecule has 0 aliphatic carbocycles. The number of nitrogens with zero attached hydrogens (tertiary/aromatic N) is 1. The Hall–Kier alpha value is -1.61. The van der Waals surface area contributed by atoms with Crippen LogP contribution in [0.3, 0.4) is 0 Å². The molecular weight excluding hydrogens is 224 g/mol. The molecular formula is C15H18N2O. The zero-order valence-corrected chi connectivity index (χ0v) is 10.4. The predicted molar refractivity (Wildman–Crippen MR) is 72.8 cm³/mol. The number of fused-ring (bicyclic) bond motifs is 1. The summed E-state index contributed by atoms with van der Waals surface area (Å²) in [4.78, 5) is 4.35. The van der Waals surface area contributed by atoms with Crippen molar-refractivity contribution in [3.05, 3.63) is 36.5 Å². The molecule has 0 spiro atoms. The highest BCUT2D eigenvalue weighted by molar-refractivity contribution is 5.79. The number of benzene rings is 1. The van der Waals surface area contributed by atoms with E-state index in [-0.39, 0.29) is 0 Å². The van der Waals surface area contributed by atoms with E-state index < -0.39 is 0 Å². The number of rotatable bonds is 3. The Bertz CT molecular complexity index is 521. The predicted octanol–water partition coefficient (Wildman–Crippen LogP) is 2.61. The molecule has 2 heterocycles. The van der Waals surface area contributed by atoms with E-state index in [2.05, 4.69) is 22.4 Å². The fourth-order valence-corrected chi connectivity index (χ4v) is 2.40. The van der Waals surface area contributed by atoms with Crippen molar-refractivity contribution >= 4 is 10.9 Å². The van der Waals surface area contributed by atoms with Gasteiger partial charge < -0.3 is 10.1 Å². The second-order valence-corrected chi connectivity index (χ2v) is 4.86. The van der Waals surface area contributed by atoms with Gasteiger partial charge in [-0.15, -0.1) is 0 Å². The average Bonchev–Trinajstić information content (AvgIpc) is 2.46. The van der Waals surface area contributed by atoms with E-state index in [1.54, 1.807) is 0 Å². The Labute approximate surface area is 107 Å². The van der Waals surface area contributed by atoms with Crippen molar-refractivity contribution in [3.63, 3.8) is 0 Å². The van der Waals surface area contributed by atoms with Crippen molar-refractivity contribution in [3.8, 4) is 5.75 Å². The standard InChI is InChI=1S/C15H18N2O/c1-2-13-3-4-14(10-15(13)17-7-1)18-11-12-5-8-16-9-6-12/h1-4,7,10,12,16H,5-6,8-9,11H2. The van der Waals surface area contributed by atoms with E-state index in [4.69, 9.17) is 4.74 Å². The Morgan fingerprint density at radius 3 is 3.00 bits per heavy atom. The molecule has 0 amide bonds. The number of hydrogen-bond donors (Lipinski definition) is 1. The largest absolute Gasteiger partial charge is 0.493 e. The summed E-state index contributed by atoms with van der Waals surface area (Å²) in [5, 5.41) is 4.53. The van der Waals surface area contributed by atoms with Crippen LogP contribution in [0.1, 0.15) is 12.8 Å². The first-order valence-electron chi connectivity index (χ1n) is 6.60. The van der Waals surface area contributed by atoms with Gasteiger partial charge in [-0.05, 0) is 50.0 Å². The molecule has 1 fully saturated rings. The van der Waals surface area contributed by atoms with E-state index in [1.807, 2.05) is 24.4 Å². The summed E-state index contributed by atoms with van der Waals surface area (Å²) in [5.41, 5.74) is 1.00. The summed E-state index contributed by atoms with van der Waals surface area (Å²) in [6.45, 7) is 3.06. The first kappa shape index (κ1) is 11.5. The quantitative estimate of drug-likeness (QED) is 0.898. The molecule has 1 N–H and O–H groups in total. The maximum Gasteiger partial charge on any atom is 0.121 e. The zero-order chi connectivity index (χ0) is 12.2. The number of pyridine rings is 1. The van der Waals surface area contributed by atoms with Crippen LogP contribution in [-0.2, 0) is 0 Å². The molecule has 1 aliphatic rings. The molecule has 0 saturated carbocycles. The molecule has 3 nitrogen and oxygen atoms in total. The van der Waals surface area contributed by atoms with Crippen molar-refractivity contribution in [2.45, 2.75) is 12.8 Å². The lowest BCUT2D eigenvalue weighted by Crippen LogP contribution is -2.30. The number of aromatic nitrogens is 1. The minimum absolute atomic E-state index is 0.686. The summed E-state index contributed by atoms with van der Waals surface area (Å²) >= 11 is 0. The maximum absolute atomic E-state index is 5.89. The number of nitrogens with one attached hydrogen (secondary N) is 1. The molecule has 0 unspecified atom stereocenters. The molecule has 1 saturated heterocycles. The van der Waals surface area contributed by atoms with Gasteiger partial charge in [0.1, 0.15) is 5.75 Å². The van der Waals surface area contributed by atoms with Crippen molar-refractivity contribution in [2.24, 2.45) is 5.92 Å². The lowest BCUT2D eigenvalue weighted by atomic mass is 9.99. The molecule has 0 radical (unpaired) electrons. The van der Waals surface area contributed by atoms with Crippen molar-refractivity contribution in [2.75, 3.05) is 19.7 Å². The SMILES string of the molecule is c1cnc2cc(OCC3CCNCC3)ccc2c1. The van der Waals surface area contributed by atoms with Gasteiger partial charge in [-0.2, -0.15) is 0 Å². The normalized spacial score (nSPS) is 16.9. The highest BCUT2D eigenvalue weighted by Crippen LogP contribution is 2.20. The minimum Gasteiger partial charge on any atom is -0.493 e. The molecule has 2 aromatic rings. The molecule has 94 valence electrons. The smallest absolute Gasteiger partial charge is 0.121 e. The fourth-order valence-electron chi connectivity index (χ4n) is 2.40. The molecule has 3 heteroatoms. The van der Waals surface area contributed by atoms with Crippen LogP contribution >= 0.6 is 0 Å². The lowest BCUT2D eigenvalue weighted by Gasteiger charge is -2.22. The summed E-state index contributed by atoms with van der Waals surface area (Å²) in [6, 6.07) is 10.2. The molecule has 1 aromatic heterocycles. The van der Waals surface area contributed by atoms with Crippen LogP contribution in [0.15, 0.2) is 36.5 Å². The second-order valence-electron chi connectivity index (χ2n) is 4.86. The van der Waals surface area contributed by atoms with Crippen molar-refractivity contribution < 1.29 is 4.74 Å². The van der Waals surface area contributed by atoms with Gasteiger partial charge in [0.15, 0.2) is 0 Å². The summed E-state index contributed by atoms with van der Waals surface area (Å²) in [7, 11) is 0. The van der Waals surface area contributed by atoms with E-state index >= 15 is 0 Å². The zero-order valence-electron chi connectivity index (χ0n) is 10.4. The van der Waals surface area contributed by atoms with E-state index in [0.717, 1.165) is 36.3 Å². The third-order valence-electron chi connectivity index (χ3n) is 3.52. The maximum atomic E-state index is 5.89. The van der Waals surface area contributed by atoms with Crippen molar-refractivity contribution in [1.29, 1.82) is 0 Å². The molecule has 3 rings (SSSR count). The third kappa shape index (κ3) is 2.62. The van der Waals surface area contributed by atoms with Gasteiger partial charge in [0.25, 0.3) is 0 Å². The first-order chi connectivity index (χ1) is 8.92. The monoisotopic (exact) mass is 242 g/mol. The van der Waals surface area contributed by atoms with Crippen molar-refractivity contribution in [1.82, 2.24) is 10.3 Å². The average molecular weight is 242 g/mol. The Kier molecular flexibility index (Phi) is 3.42. The van der Waals surface area contributed by atoms with Crippen LogP contribution in [0.5, 0.6) is 5.75 Å². The number of ether oxygens (including phenoxy) is 1. The van der Waals surface area contributed by atoms with Crippen LogP contribution in [0.2, 0.25) is 0 Å². The van der Waals surface area contributed by atoms with Gasteiger partial charge in [-0.25, -0.2) is 0 Å². The minimum atomic E-state index is 0.686. The third-order valence-corrected chi connectivity index (χ3v) is 3.52. The van der Waals surface area contributed by atoms with Gasteiger partial charge in [-0.3, -0.25) is 4.98 Å². The fraction of sp³-hybridized carbons (Fsp3) is 0.400. The van der Waals surface area contributed by atoms with E-state index in [0.29, 0.717) is 5.92 Å². The van der Waals surface area contributed by atoms with Crippen LogP contribution in [0, 0.1) is 5.92 Å². The molecule has 18 heavy (non-hydrogen) atoms. The van der Waals surface area contributed by atoms with E-state index in [9.17, 15) is 0 Å². The summed E-state index contributed by atoms with van der Waals surface area (Å²) < 4.78 is 5.89. The Morgan fingerprint density at radius 1 is 1.22 bits per heavy atom. The van der Waals surface area contributed by atoms with Gasteiger partial charge in [0, 0.05) is 17.6 Å². The Balaban J connectivity index is 1.66. The molecule has 0 bridgehead atoms. The van der Waals surface area contributed by atoms with Gasteiger partial charge in [0.05, 0.1) is 12.1 Å². The van der Waals surface area contributed by atoms with Crippen LogP contribution < -0.4 is 10.1 Å². The van der Waals surface area contributed by atoms with Gasteiger partial charge in [0.2, 0.25) is 0 Å². The lowest BCUT2D eigenvalue weighted by molar-refractivity contribution is 0.215. The highest BCUT2D eigenvalue weighted by Gasteiger charge is 2.13. The summed E-state index contributed by atoms with van der Waals surface area (Å²) in [5.74, 6) is 1.62. The van der Waals surface area contributed by atoms with Gasteiger partial charge in [-0.1, -0.05) is 6.07 Å². The van der Waals surface area contributed by atoms with Gasteiger partial charge >= 0.3 is 0 Å². The number of hydrogen-bond acceptors (Lipinski definition) is 3. The topological polar surface area (TPSA) is 34.1 Å². The van der Waals surface area contributed by atoms with Crippen LogP contribution in [-0.4, -0.2) is 24.7 Å². The van der Waals surface area contributed by atoms with Crippen LogP contribution in [0.25, 0.3) is 10.9 Å². The first-order valence-corrected chi connectivity index (χ1v) is 6.60. The van der Waals surface area contributed by atoms with E-state index in [1.165, 1.54) is 12.8 Å². The molecule has 1 aromatic carbocycles. The summed E-state index contributed by atoms with van der Waals surface area (Å²) in [6.07, 6.45) is 4.25. The second kappa shape index (κ2) is 5.36. The number of piperidine rings is 1.